The number of anilines is 1. The van der Waals surface area contributed by atoms with Crippen molar-refractivity contribution in [2.24, 2.45) is 7.05 Å². The summed E-state index contributed by atoms with van der Waals surface area (Å²) in [5, 5.41) is 7.54. The molecule has 0 bridgehead atoms. The number of benzene rings is 3. The maximum Gasteiger partial charge on any atom is 0.360 e. The van der Waals surface area contributed by atoms with Gasteiger partial charge in [0.2, 0.25) is 6.10 Å². The standard InChI is InChI=1S/C25H21N3O5/c1-28-24(30)20-14-7-6-13-19(20)21(27-28)25(31)33-22(16-9-4-3-5-10-16)23(29)26-17-11-8-12-18(15-17)32-2/h3-15,22H,1-2H3,(H,26,29)/t22-/m0/s1. The molecule has 1 atom stereocenters. The molecule has 0 saturated heterocycles. The predicted octanol–water partition coefficient (Wildman–Crippen LogP) is 3.48. The lowest BCUT2D eigenvalue weighted by molar-refractivity contribution is -0.125. The molecule has 8 heteroatoms. The number of ether oxygens (including phenoxy) is 2. The Hall–Kier alpha value is -4.46. The van der Waals surface area contributed by atoms with Crippen molar-refractivity contribution in [1.29, 1.82) is 0 Å². The number of nitrogens with zero attached hydrogens (tertiary/aromatic N) is 2. The first-order chi connectivity index (χ1) is 16.0. The van der Waals surface area contributed by atoms with Crippen LogP contribution in [0, 0.1) is 0 Å². The molecule has 1 amide bonds. The summed E-state index contributed by atoms with van der Waals surface area (Å²) in [5.74, 6) is -0.796. The van der Waals surface area contributed by atoms with E-state index in [0.29, 0.717) is 27.8 Å². The summed E-state index contributed by atoms with van der Waals surface area (Å²) in [5.41, 5.74) is 0.586. The van der Waals surface area contributed by atoms with Crippen molar-refractivity contribution in [1.82, 2.24) is 9.78 Å². The Labute approximate surface area is 189 Å². The Morgan fingerprint density at radius 3 is 2.36 bits per heavy atom. The quantitative estimate of drug-likeness (QED) is 0.458. The van der Waals surface area contributed by atoms with Crippen LogP contribution in [0.2, 0.25) is 0 Å². The highest BCUT2D eigenvalue weighted by Gasteiger charge is 2.28. The average molecular weight is 443 g/mol. The van der Waals surface area contributed by atoms with Gasteiger partial charge in [0.15, 0.2) is 5.69 Å². The van der Waals surface area contributed by atoms with Crippen LogP contribution in [-0.4, -0.2) is 28.8 Å². The topological polar surface area (TPSA) is 99.5 Å². The molecular formula is C25H21N3O5. The molecule has 0 aliphatic rings. The molecule has 4 aromatic rings. The number of methoxy groups -OCH3 is 1. The van der Waals surface area contributed by atoms with E-state index in [-0.39, 0.29) is 11.3 Å². The Bertz CT molecular complexity index is 1380. The second-order valence-corrected chi connectivity index (χ2v) is 7.24. The van der Waals surface area contributed by atoms with Gasteiger partial charge >= 0.3 is 5.97 Å². The first-order valence-electron chi connectivity index (χ1n) is 10.1. The van der Waals surface area contributed by atoms with E-state index >= 15 is 0 Å². The summed E-state index contributed by atoms with van der Waals surface area (Å²) in [6.07, 6.45) is -1.25. The number of aryl methyl sites for hydroxylation is 1. The first-order valence-corrected chi connectivity index (χ1v) is 10.1. The van der Waals surface area contributed by atoms with Crippen LogP contribution in [0.25, 0.3) is 10.8 Å². The van der Waals surface area contributed by atoms with Gasteiger partial charge in [-0.25, -0.2) is 9.48 Å². The van der Waals surface area contributed by atoms with Crippen LogP contribution in [0.15, 0.2) is 83.7 Å². The summed E-state index contributed by atoms with van der Waals surface area (Å²) in [7, 11) is 2.98. The molecular weight excluding hydrogens is 422 g/mol. The summed E-state index contributed by atoms with van der Waals surface area (Å²) in [6, 6.07) is 22.1. The van der Waals surface area contributed by atoms with Crippen molar-refractivity contribution in [2.75, 3.05) is 12.4 Å². The fraction of sp³-hybridized carbons (Fsp3) is 0.120. The number of carbonyl (C=O) groups is 2. The largest absolute Gasteiger partial charge is 0.497 e. The molecule has 0 unspecified atom stereocenters. The van der Waals surface area contributed by atoms with Gasteiger partial charge in [0.25, 0.3) is 11.5 Å². The minimum atomic E-state index is -1.25. The maximum absolute atomic E-state index is 13.2. The number of hydrogen-bond acceptors (Lipinski definition) is 6. The van der Waals surface area contributed by atoms with Gasteiger partial charge in [-0.3, -0.25) is 9.59 Å². The van der Waals surface area contributed by atoms with Crippen LogP contribution in [0.3, 0.4) is 0 Å². The van der Waals surface area contributed by atoms with Gasteiger partial charge in [-0.2, -0.15) is 5.10 Å². The zero-order valence-corrected chi connectivity index (χ0v) is 18.0. The second kappa shape index (κ2) is 9.35. The Morgan fingerprint density at radius 2 is 1.64 bits per heavy atom. The van der Waals surface area contributed by atoms with Gasteiger partial charge in [-0.05, 0) is 18.2 Å². The number of hydrogen-bond donors (Lipinski definition) is 1. The summed E-state index contributed by atoms with van der Waals surface area (Å²) in [6.45, 7) is 0. The van der Waals surface area contributed by atoms with E-state index < -0.39 is 18.0 Å². The molecule has 166 valence electrons. The van der Waals surface area contributed by atoms with Gasteiger partial charge in [0, 0.05) is 29.8 Å². The second-order valence-electron chi connectivity index (χ2n) is 7.24. The maximum atomic E-state index is 13.2. The average Bonchev–Trinajstić information content (AvgIpc) is 2.85. The van der Waals surface area contributed by atoms with Crippen LogP contribution in [0.5, 0.6) is 5.75 Å². The normalized spacial score (nSPS) is 11.6. The van der Waals surface area contributed by atoms with Crippen LogP contribution in [-0.2, 0) is 16.6 Å². The van der Waals surface area contributed by atoms with Crippen LogP contribution in [0.4, 0.5) is 5.69 Å². The highest BCUT2D eigenvalue weighted by molar-refractivity contribution is 6.04. The van der Waals surface area contributed by atoms with Gasteiger partial charge in [0.1, 0.15) is 5.75 Å². The van der Waals surface area contributed by atoms with Crippen molar-refractivity contribution in [2.45, 2.75) is 6.10 Å². The Morgan fingerprint density at radius 1 is 0.939 bits per heavy atom. The molecule has 0 aliphatic heterocycles. The number of nitrogens with one attached hydrogen (secondary N) is 1. The number of rotatable bonds is 6. The van der Waals surface area contributed by atoms with Crippen molar-refractivity contribution < 1.29 is 19.1 Å². The molecule has 1 aromatic heterocycles. The van der Waals surface area contributed by atoms with E-state index in [1.165, 1.54) is 14.2 Å². The van der Waals surface area contributed by atoms with Gasteiger partial charge < -0.3 is 14.8 Å². The molecule has 8 nitrogen and oxygen atoms in total. The molecule has 1 heterocycles. The van der Waals surface area contributed by atoms with E-state index in [2.05, 4.69) is 10.4 Å². The van der Waals surface area contributed by atoms with Gasteiger partial charge in [-0.1, -0.05) is 54.6 Å². The van der Waals surface area contributed by atoms with Gasteiger partial charge in [-0.15, -0.1) is 0 Å². The number of amides is 1. The van der Waals surface area contributed by atoms with Crippen molar-refractivity contribution in [3.8, 4) is 5.75 Å². The molecule has 4 rings (SSSR count). The molecule has 33 heavy (non-hydrogen) atoms. The highest BCUT2D eigenvalue weighted by Crippen LogP contribution is 2.24. The first kappa shape index (κ1) is 21.8. The lowest BCUT2D eigenvalue weighted by Gasteiger charge is -2.18. The Balaban J connectivity index is 1.69. The van der Waals surface area contributed by atoms with Crippen LogP contribution >= 0.6 is 0 Å². The van der Waals surface area contributed by atoms with Crippen LogP contribution in [0.1, 0.15) is 22.2 Å². The molecule has 0 radical (unpaired) electrons. The minimum absolute atomic E-state index is 0.0530. The fourth-order valence-electron chi connectivity index (χ4n) is 3.42. The monoisotopic (exact) mass is 443 g/mol. The molecule has 0 aliphatic carbocycles. The number of aromatic nitrogens is 2. The van der Waals surface area contributed by atoms with E-state index in [1.54, 1.807) is 78.9 Å². The molecule has 0 spiro atoms. The summed E-state index contributed by atoms with van der Waals surface area (Å²) in [4.78, 5) is 38.7. The minimum Gasteiger partial charge on any atom is -0.497 e. The summed E-state index contributed by atoms with van der Waals surface area (Å²) >= 11 is 0. The fourth-order valence-corrected chi connectivity index (χ4v) is 3.42. The SMILES string of the molecule is COc1cccc(NC(=O)[C@@H](OC(=O)c2nn(C)c(=O)c3ccccc23)c2ccccc2)c1. The third kappa shape index (κ3) is 4.59. The lowest BCUT2D eigenvalue weighted by Crippen LogP contribution is -2.28. The smallest absolute Gasteiger partial charge is 0.360 e. The van der Waals surface area contributed by atoms with E-state index in [9.17, 15) is 14.4 Å². The molecule has 0 saturated carbocycles. The predicted molar refractivity (Wildman–Crippen MR) is 123 cm³/mol. The van der Waals surface area contributed by atoms with Crippen molar-refractivity contribution in [3.05, 3.63) is 100 Å². The molecule has 0 fully saturated rings. The lowest BCUT2D eigenvalue weighted by atomic mass is 10.1. The van der Waals surface area contributed by atoms with E-state index in [1.807, 2.05) is 0 Å². The molecule has 1 N–H and O–H groups in total. The Kier molecular flexibility index (Phi) is 6.17. The third-order valence-corrected chi connectivity index (χ3v) is 5.05. The number of esters is 1. The van der Waals surface area contributed by atoms with Crippen molar-refractivity contribution >= 4 is 28.3 Å². The summed E-state index contributed by atoms with van der Waals surface area (Å²) < 4.78 is 11.9. The highest BCUT2D eigenvalue weighted by atomic mass is 16.5. The van der Waals surface area contributed by atoms with Crippen LogP contribution < -0.4 is 15.6 Å². The van der Waals surface area contributed by atoms with Crippen molar-refractivity contribution in [3.63, 3.8) is 0 Å². The third-order valence-electron chi connectivity index (χ3n) is 5.05. The zero-order chi connectivity index (χ0) is 23.4. The zero-order valence-electron chi connectivity index (χ0n) is 18.0. The van der Waals surface area contributed by atoms with E-state index in [0.717, 1.165) is 4.68 Å². The van der Waals surface area contributed by atoms with Gasteiger partial charge in [0.05, 0.1) is 12.5 Å². The number of fused-ring (bicyclic) bond motifs is 1. The van der Waals surface area contributed by atoms with E-state index in [4.69, 9.17) is 9.47 Å². The number of carbonyl (C=O) groups excluding carboxylic acids is 2. The molecule has 3 aromatic carbocycles.